The van der Waals surface area contributed by atoms with Gasteiger partial charge in [-0.05, 0) is 42.5 Å². The molecule has 0 spiro atoms. The van der Waals surface area contributed by atoms with E-state index < -0.39 is 0 Å². The SMILES string of the molecule is COc1cc(CC(C)C)c(OC)cc1C. The Kier molecular flexibility index (Phi) is 4.01. The minimum Gasteiger partial charge on any atom is -0.496 e. The van der Waals surface area contributed by atoms with Gasteiger partial charge in [0.1, 0.15) is 11.5 Å². The Hall–Kier alpha value is -1.18. The fraction of sp³-hybridized carbons (Fsp3) is 0.538. The molecular weight excluding hydrogens is 188 g/mol. The molecule has 0 bridgehead atoms. The third kappa shape index (κ3) is 2.88. The van der Waals surface area contributed by atoms with Crippen molar-refractivity contribution in [1.82, 2.24) is 0 Å². The predicted octanol–water partition coefficient (Wildman–Crippen LogP) is 3.21. The second-order valence-electron chi connectivity index (χ2n) is 4.23. The van der Waals surface area contributed by atoms with E-state index in [2.05, 4.69) is 19.9 Å². The van der Waals surface area contributed by atoms with E-state index in [-0.39, 0.29) is 0 Å². The highest BCUT2D eigenvalue weighted by atomic mass is 16.5. The zero-order chi connectivity index (χ0) is 11.4. The van der Waals surface area contributed by atoms with Crippen LogP contribution in [0.1, 0.15) is 25.0 Å². The summed E-state index contributed by atoms with van der Waals surface area (Å²) in [7, 11) is 3.42. The van der Waals surface area contributed by atoms with Crippen LogP contribution >= 0.6 is 0 Å². The van der Waals surface area contributed by atoms with Crippen molar-refractivity contribution in [1.29, 1.82) is 0 Å². The van der Waals surface area contributed by atoms with Gasteiger partial charge in [0.25, 0.3) is 0 Å². The molecule has 0 aliphatic heterocycles. The van der Waals surface area contributed by atoms with Gasteiger partial charge in [-0.2, -0.15) is 0 Å². The molecule has 0 saturated heterocycles. The van der Waals surface area contributed by atoms with Crippen LogP contribution < -0.4 is 9.47 Å². The van der Waals surface area contributed by atoms with Crippen LogP contribution in [0, 0.1) is 12.8 Å². The quantitative estimate of drug-likeness (QED) is 0.756. The van der Waals surface area contributed by atoms with E-state index in [1.807, 2.05) is 13.0 Å². The summed E-state index contributed by atoms with van der Waals surface area (Å²) in [5.74, 6) is 2.51. The van der Waals surface area contributed by atoms with E-state index in [0.717, 1.165) is 23.5 Å². The van der Waals surface area contributed by atoms with Crippen molar-refractivity contribution < 1.29 is 9.47 Å². The Morgan fingerprint density at radius 3 is 2.13 bits per heavy atom. The summed E-state index contributed by atoms with van der Waals surface area (Å²) in [5, 5.41) is 0. The van der Waals surface area contributed by atoms with Crippen LogP contribution in [0.25, 0.3) is 0 Å². The van der Waals surface area contributed by atoms with E-state index >= 15 is 0 Å². The molecule has 0 aromatic heterocycles. The monoisotopic (exact) mass is 208 g/mol. The molecule has 0 fully saturated rings. The van der Waals surface area contributed by atoms with Crippen LogP contribution in [-0.4, -0.2) is 14.2 Å². The number of hydrogen-bond acceptors (Lipinski definition) is 2. The van der Waals surface area contributed by atoms with E-state index in [4.69, 9.17) is 9.47 Å². The van der Waals surface area contributed by atoms with Gasteiger partial charge >= 0.3 is 0 Å². The molecule has 0 radical (unpaired) electrons. The number of methoxy groups -OCH3 is 2. The lowest BCUT2D eigenvalue weighted by Gasteiger charge is -2.14. The molecule has 0 aliphatic rings. The minimum atomic E-state index is 0.617. The molecule has 1 aromatic rings. The second kappa shape index (κ2) is 5.06. The molecule has 15 heavy (non-hydrogen) atoms. The standard InChI is InChI=1S/C13H20O2/c1-9(2)6-11-8-12(14-4)10(3)7-13(11)15-5/h7-9H,6H2,1-5H3. The molecule has 2 nitrogen and oxygen atoms in total. The van der Waals surface area contributed by atoms with Crippen molar-refractivity contribution in [3.63, 3.8) is 0 Å². The summed E-state index contributed by atoms with van der Waals surface area (Å²) in [6.45, 7) is 6.43. The van der Waals surface area contributed by atoms with Gasteiger partial charge in [-0.1, -0.05) is 13.8 Å². The molecule has 0 atom stereocenters. The fourth-order valence-corrected chi connectivity index (χ4v) is 1.71. The van der Waals surface area contributed by atoms with Gasteiger partial charge in [0.2, 0.25) is 0 Å². The smallest absolute Gasteiger partial charge is 0.122 e. The Bertz CT molecular complexity index is 330. The Morgan fingerprint density at radius 1 is 1.07 bits per heavy atom. The third-order valence-electron chi connectivity index (χ3n) is 2.43. The van der Waals surface area contributed by atoms with Gasteiger partial charge in [0, 0.05) is 0 Å². The van der Waals surface area contributed by atoms with Crippen LogP contribution in [0.3, 0.4) is 0 Å². The summed E-state index contributed by atoms with van der Waals surface area (Å²) in [5.41, 5.74) is 2.33. The zero-order valence-corrected chi connectivity index (χ0v) is 10.3. The molecule has 2 heteroatoms. The summed E-state index contributed by atoms with van der Waals surface area (Å²) < 4.78 is 10.7. The zero-order valence-electron chi connectivity index (χ0n) is 10.3. The van der Waals surface area contributed by atoms with Crippen molar-refractivity contribution in [2.24, 2.45) is 5.92 Å². The fourth-order valence-electron chi connectivity index (χ4n) is 1.71. The molecule has 0 N–H and O–H groups in total. The van der Waals surface area contributed by atoms with Crippen molar-refractivity contribution in [2.45, 2.75) is 27.2 Å². The molecule has 0 heterocycles. The molecule has 1 rings (SSSR count). The lowest BCUT2D eigenvalue weighted by Crippen LogP contribution is -2.00. The lowest BCUT2D eigenvalue weighted by atomic mass is 10.00. The lowest BCUT2D eigenvalue weighted by molar-refractivity contribution is 0.394. The largest absolute Gasteiger partial charge is 0.496 e. The number of aryl methyl sites for hydroxylation is 1. The van der Waals surface area contributed by atoms with Crippen molar-refractivity contribution in [2.75, 3.05) is 14.2 Å². The first-order valence-corrected chi connectivity index (χ1v) is 5.30. The van der Waals surface area contributed by atoms with Crippen LogP contribution in [0.2, 0.25) is 0 Å². The summed E-state index contributed by atoms with van der Waals surface area (Å²) in [6.07, 6.45) is 1.01. The number of benzene rings is 1. The molecule has 0 aliphatic carbocycles. The summed E-state index contributed by atoms with van der Waals surface area (Å²) in [6, 6.07) is 4.12. The molecule has 0 unspecified atom stereocenters. The number of rotatable bonds is 4. The minimum absolute atomic E-state index is 0.617. The normalized spacial score (nSPS) is 10.5. The first kappa shape index (κ1) is 11.9. The Balaban J connectivity index is 3.10. The van der Waals surface area contributed by atoms with E-state index in [0.29, 0.717) is 5.92 Å². The van der Waals surface area contributed by atoms with Gasteiger partial charge < -0.3 is 9.47 Å². The third-order valence-corrected chi connectivity index (χ3v) is 2.43. The van der Waals surface area contributed by atoms with E-state index in [9.17, 15) is 0 Å². The predicted molar refractivity (Wildman–Crippen MR) is 62.8 cm³/mol. The Morgan fingerprint density at radius 2 is 1.67 bits per heavy atom. The highest BCUT2D eigenvalue weighted by Crippen LogP contribution is 2.29. The van der Waals surface area contributed by atoms with Gasteiger partial charge in [0.05, 0.1) is 14.2 Å². The highest BCUT2D eigenvalue weighted by molar-refractivity contribution is 5.46. The maximum absolute atomic E-state index is 5.37. The maximum atomic E-state index is 5.37. The summed E-state index contributed by atoms with van der Waals surface area (Å²) >= 11 is 0. The first-order valence-electron chi connectivity index (χ1n) is 5.30. The van der Waals surface area contributed by atoms with Crippen molar-refractivity contribution in [3.8, 4) is 11.5 Å². The van der Waals surface area contributed by atoms with Crippen LogP contribution in [-0.2, 0) is 6.42 Å². The van der Waals surface area contributed by atoms with Gasteiger partial charge in [0.15, 0.2) is 0 Å². The van der Waals surface area contributed by atoms with Crippen molar-refractivity contribution in [3.05, 3.63) is 23.3 Å². The number of ether oxygens (including phenoxy) is 2. The van der Waals surface area contributed by atoms with Crippen LogP contribution in [0.5, 0.6) is 11.5 Å². The Labute approximate surface area is 92.2 Å². The van der Waals surface area contributed by atoms with E-state index in [1.165, 1.54) is 5.56 Å². The summed E-state index contributed by atoms with van der Waals surface area (Å²) in [4.78, 5) is 0. The maximum Gasteiger partial charge on any atom is 0.122 e. The topological polar surface area (TPSA) is 18.5 Å². The molecule has 0 saturated carbocycles. The molecular formula is C13H20O2. The second-order valence-corrected chi connectivity index (χ2v) is 4.23. The van der Waals surface area contributed by atoms with Crippen LogP contribution in [0.4, 0.5) is 0 Å². The molecule has 0 amide bonds. The van der Waals surface area contributed by atoms with E-state index in [1.54, 1.807) is 14.2 Å². The van der Waals surface area contributed by atoms with Crippen LogP contribution in [0.15, 0.2) is 12.1 Å². The van der Waals surface area contributed by atoms with Gasteiger partial charge in [-0.15, -0.1) is 0 Å². The first-order chi connectivity index (χ1) is 7.08. The molecule has 84 valence electrons. The van der Waals surface area contributed by atoms with Gasteiger partial charge in [-0.25, -0.2) is 0 Å². The van der Waals surface area contributed by atoms with Crippen molar-refractivity contribution >= 4 is 0 Å². The number of hydrogen-bond donors (Lipinski definition) is 0. The highest BCUT2D eigenvalue weighted by Gasteiger charge is 2.09. The average molecular weight is 208 g/mol. The van der Waals surface area contributed by atoms with Gasteiger partial charge in [-0.3, -0.25) is 0 Å². The molecule has 1 aromatic carbocycles. The average Bonchev–Trinajstić information content (AvgIpc) is 2.19.